The van der Waals surface area contributed by atoms with Gasteiger partial charge in [-0.15, -0.1) is 11.3 Å². The molecule has 1 amide bonds. The fraction of sp³-hybridized carbons (Fsp3) is 0.421. The third kappa shape index (κ3) is 2.22. The van der Waals surface area contributed by atoms with Crippen molar-refractivity contribution >= 4 is 17.2 Å². The van der Waals surface area contributed by atoms with Crippen molar-refractivity contribution in [3.05, 3.63) is 44.6 Å². The largest absolute Gasteiger partial charge is 0.493 e. The quantitative estimate of drug-likeness (QED) is 0.928. The molecule has 24 heavy (non-hydrogen) atoms. The van der Waals surface area contributed by atoms with E-state index in [1.165, 1.54) is 21.6 Å². The maximum absolute atomic E-state index is 12.5. The Morgan fingerprint density at radius 2 is 1.92 bits per heavy atom. The van der Waals surface area contributed by atoms with Crippen LogP contribution in [0.5, 0.6) is 11.5 Å². The number of rotatable bonds is 3. The van der Waals surface area contributed by atoms with Crippen LogP contribution in [-0.2, 0) is 12.8 Å². The average Bonchev–Trinajstić information content (AvgIpc) is 3.05. The molecule has 4 nitrogen and oxygen atoms in total. The average molecular weight is 343 g/mol. The lowest BCUT2D eigenvalue weighted by Crippen LogP contribution is -2.46. The molecule has 2 aromatic rings. The van der Waals surface area contributed by atoms with Gasteiger partial charge in [-0.05, 0) is 54.2 Å². The zero-order chi connectivity index (χ0) is 16.8. The van der Waals surface area contributed by atoms with E-state index in [4.69, 9.17) is 9.47 Å². The Balaban J connectivity index is 1.89. The Morgan fingerprint density at radius 3 is 2.62 bits per heavy atom. The van der Waals surface area contributed by atoms with E-state index < -0.39 is 0 Å². The molecule has 1 aliphatic heterocycles. The maximum Gasteiger partial charge on any atom is 0.261 e. The Hall–Kier alpha value is -2.01. The summed E-state index contributed by atoms with van der Waals surface area (Å²) in [6.45, 7) is 2.13. The molecule has 5 heteroatoms. The molecule has 126 valence electrons. The Morgan fingerprint density at radius 1 is 1.17 bits per heavy atom. The van der Waals surface area contributed by atoms with Crippen molar-refractivity contribution in [3.63, 3.8) is 0 Å². The lowest BCUT2D eigenvalue weighted by Gasteiger charge is -2.38. The van der Waals surface area contributed by atoms with Gasteiger partial charge in [0.25, 0.3) is 5.91 Å². The van der Waals surface area contributed by atoms with Crippen LogP contribution in [0, 0.1) is 0 Å². The molecular formula is C19H21NO3S. The van der Waals surface area contributed by atoms with Gasteiger partial charge in [-0.3, -0.25) is 4.79 Å². The van der Waals surface area contributed by atoms with Gasteiger partial charge in [0, 0.05) is 16.8 Å². The lowest BCUT2D eigenvalue weighted by atomic mass is 9.73. The normalized spacial score (nSPS) is 21.4. The molecule has 0 spiro atoms. The van der Waals surface area contributed by atoms with Gasteiger partial charge in [0.05, 0.1) is 19.1 Å². The molecule has 2 atom stereocenters. The van der Waals surface area contributed by atoms with Crippen LogP contribution in [0.4, 0.5) is 0 Å². The van der Waals surface area contributed by atoms with Crippen LogP contribution in [0.15, 0.2) is 18.2 Å². The van der Waals surface area contributed by atoms with Gasteiger partial charge in [0.1, 0.15) is 0 Å². The summed E-state index contributed by atoms with van der Waals surface area (Å²) in [5.74, 6) is 1.81. The molecule has 0 bridgehead atoms. The molecule has 0 radical (unpaired) electrons. The summed E-state index contributed by atoms with van der Waals surface area (Å²) in [7, 11) is 3.33. The Labute approximate surface area is 145 Å². The second-order valence-electron chi connectivity index (χ2n) is 6.35. The zero-order valence-electron chi connectivity index (χ0n) is 14.1. The summed E-state index contributed by atoms with van der Waals surface area (Å²) in [6.07, 6.45) is 2.86. The number of amides is 1. The van der Waals surface area contributed by atoms with Crippen molar-refractivity contribution in [2.24, 2.45) is 0 Å². The van der Waals surface area contributed by atoms with Crippen LogP contribution < -0.4 is 14.8 Å². The first-order valence-corrected chi connectivity index (χ1v) is 9.16. The number of nitrogens with one attached hydrogen (secondary N) is 1. The number of aryl methyl sites for hydroxylation is 2. The van der Waals surface area contributed by atoms with Crippen LogP contribution in [0.25, 0.3) is 0 Å². The summed E-state index contributed by atoms with van der Waals surface area (Å²) in [4.78, 5) is 14.6. The van der Waals surface area contributed by atoms with E-state index >= 15 is 0 Å². The molecule has 0 saturated heterocycles. The van der Waals surface area contributed by atoms with Gasteiger partial charge in [-0.1, -0.05) is 6.92 Å². The Kier molecular flexibility index (Phi) is 3.76. The number of carbonyl (C=O) groups excluding carboxylic acids is 1. The topological polar surface area (TPSA) is 47.6 Å². The minimum Gasteiger partial charge on any atom is -0.493 e. The second kappa shape index (κ2) is 5.81. The molecule has 1 aliphatic carbocycles. The standard InChI is InChI=1S/C19H21NO3S/c1-4-11-8-13-17-12-9-16(23-3)15(22-2)7-10(12)5-6-14(17)20-19(21)18(13)24-11/h7-9,14,17H,4-6H2,1-3H3,(H,20,21)/t14-,17+/m0/s1. The molecule has 0 unspecified atom stereocenters. The van der Waals surface area contributed by atoms with Crippen LogP contribution in [0.3, 0.4) is 0 Å². The summed E-state index contributed by atoms with van der Waals surface area (Å²) in [5.41, 5.74) is 3.73. The SMILES string of the molecule is CCc1cc2c(s1)C(=O)N[C@H]1CCc3cc(OC)c(OC)cc3[C@H]21. The molecule has 1 N–H and O–H groups in total. The minimum atomic E-state index is 0.0832. The Bertz CT molecular complexity index is 811. The number of hydrogen-bond acceptors (Lipinski definition) is 4. The van der Waals surface area contributed by atoms with E-state index in [-0.39, 0.29) is 17.9 Å². The molecule has 2 heterocycles. The third-order valence-corrected chi connectivity index (χ3v) is 6.42. The van der Waals surface area contributed by atoms with Gasteiger partial charge in [0.15, 0.2) is 11.5 Å². The van der Waals surface area contributed by atoms with Crippen LogP contribution in [0.2, 0.25) is 0 Å². The van der Waals surface area contributed by atoms with Gasteiger partial charge in [-0.25, -0.2) is 0 Å². The van der Waals surface area contributed by atoms with Crippen LogP contribution >= 0.6 is 11.3 Å². The summed E-state index contributed by atoms with van der Waals surface area (Å²) in [5, 5.41) is 3.22. The van der Waals surface area contributed by atoms with Gasteiger partial charge < -0.3 is 14.8 Å². The predicted molar refractivity (Wildman–Crippen MR) is 94.7 cm³/mol. The monoisotopic (exact) mass is 343 g/mol. The first kappa shape index (κ1) is 15.5. The number of carbonyl (C=O) groups is 1. The first-order valence-electron chi connectivity index (χ1n) is 8.34. The fourth-order valence-electron chi connectivity index (χ4n) is 3.95. The summed E-state index contributed by atoms with van der Waals surface area (Å²) in [6, 6.07) is 6.57. The fourth-order valence-corrected chi connectivity index (χ4v) is 5.00. The van der Waals surface area contributed by atoms with E-state index in [0.717, 1.165) is 35.6 Å². The first-order chi connectivity index (χ1) is 11.7. The number of hydrogen-bond donors (Lipinski definition) is 1. The van der Waals surface area contributed by atoms with Gasteiger partial charge in [-0.2, -0.15) is 0 Å². The number of fused-ring (bicyclic) bond motifs is 5. The highest BCUT2D eigenvalue weighted by Gasteiger charge is 2.40. The highest BCUT2D eigenvalue weighted by atomic mass is 32.1. The van der Waals surface area contributed by atoms with Crippen LogP contribution in [0.1, 0.15) is 50.5 Å². The molecule has 1 aromatic heterocycles. The minimum absolute atomic E-state index is 0.0832. The summed E-state index contributed by atoms with van der Waals surface area (Å²) >= 11 is 1.62. The molecule has 0 fully saturated rings. The van der Waals surface area contributed by atoms with E-state index in [0.29, 0.717) is 0 Å². The van der Waals surface area contributed by atoms with E-state index in [1.807, 2.05) is 0 Å². The van der Waals surface area contributed by atoms with E-state index in [2.05, 4.69) is 30.4 Å². The van der Waals surface area contributed by atoms with Crippen molar-refractivity contribution in [1.82, 2.24) is 5.32 Å². The van der Waals surface area contributed by atoms with Crippen LogP contribution in [-0.4, -0.2) is 26.2 Å². The second-order valence-corrected chi connectivity index (χ2v) is 7.49. The smallest absolute Gasteiger partial charge is 0.261 e. The van der Waals surface area contributed by atoms with Crippen molar-refractivity contribution in [2.45, 2.75) is 38.1 Å². The zero-order valence-corrected chi connectivity index (χ0v) is 15.0. The molecule has 4 rings (SSSR count). The number of benzene rings is 1. The number of thiophene rings is 1. The van der Waals surface area contributed by atoms with Gasteiger partial charge in [0.2, 0.25) is 0 Å². The van der Waals surface area contributed by atoms with Crippen molar-refractivity contribution < 1.29 is 14.3 Å². The predicted octanol–water partition coefficient (Wildman–Crippen LogP) is 3.52. The van der Waals surface area contributed by atoms with E-state index in [9.17, 15) is 4.79 Å². The molecule has 1 aromatic carbocycles. The van der Waals surface area contributed by atoms with E-state index in [1.54, 1.807) is 25.6 Å². The molecule has 0 saturated carbocycles. The molecule has 2 aliphatic rings. The maximum atomic E-state index is 12.5. The highest BCUT2D eigenvalue weighted by Crippen LogP contribution is 2.46. The summed E-state index contributed by atoms with van der Waals surface area (Å²) < 4.78 is 11.0. The van der Waals surface area contributed by atoms with Crippen molar-refractivity contribution in [2.75, 3.05) is 14.2 Å². The lowest BCUT2D eigenvalue weighted by molar-refractivity contribution is 0.0919. The number of methoxy groups -OCH3 is 2. The highest BCUT2D eigenvalue weighted by molar-refractivity contribution is 7.14. The third-order valence-electron chi connectivity index (χ3n) is 5.13. The van der Waals surface area contributed by atoms with Crippen molar-refractivity contribution in [3.8, 4) is 11.5 Å². The van der Waals surface area contributed by atoms with Gasteiger partial charge >= 0.3 is 0 Å². The van der Waals surface area contributed by atoms with Crippen molar-refractivity contribution in [1.29, 1.82) is 0 Å². The molecular weight excluding hydrogens is 322 g/mol. The number of ether oxygens (including phenoxy) is 2.